The van der Waals surface area contributed by atoms with Crippen LogP contribution in [0.5, 0.6) is 5.75 Å². The van der Waals surface area contributed by atoms with Crippen LogP contribution in [0, 0.1) is 13.8 Å². The normalized spacial score (nSPS) is 12.5. The molecular formula is C16H21NO2. The number of aryl methyl sites for hydroxylation is 3. The lowest BCUT2D eigenvalue weighted by Gasteiger charge is -2.17. The Labute approximate surface area is 114 Å². The Morgan fingerprint density at radius 3 is 2.58 bits per heavy atom. The molecule has 0 fully saturated rings. The lowest BCUT2D eigenvalue weighted by Crippen LogP contribution is -2.14. The van der Waals surface area contributed by atoms with Gasteiger partial charge >= 0.3 is 0 Å². The fraction of sp³-hybridized carbons (Fsp3) is 0.375. The number of hydrogen-bond donors (Lipinski definition) is 1. The maximum Gasteiger partial charge on any atom is 0.122 e. The van der Waals surface area contributed by atoms with E-state index in [0.29, 0.717) is 0 Å². The summed E-state index contributed by atoms with van der Waals surface area (Å²) in [4.78, 5) is 0. The maximum atomic E-state index is 6.40. The summed E-state index contributed by atoms with van der Waals surface area (Å²) in [6.07, 6.45) is 2.56. The third-order valence-corrected chi connectivity index (χ3v) is 3.55. The largest absolute Gasteiger partial charge is 0.496 e. The van der Waals surface area contributed by atoms with Crippen LogP contribution >= 0.6 is 0 Å². The Balaban J connectivity index is 2.44. The fourth-order valence-corrected chi connectivity index (χ4v) is 2.45. The molecule has 1 aromatic carbocycles. The SMILES string of the molecule is CCc1occc1C(N)c1cc(C)c(OC)cc1C. The molecule has 2 N–H and O–H groups in total. The van der Waals surface area contributed by atoms with Gasteiger partial charge in [-0.05, 0) is 42.7 Å². The fourth-order valence-electron chi connectivity index (χ4n) is 2.45. The first-order chi connectivity index (χ1) is 9.08. The van der Waals surface area contributed by atoms with Crippen molar-refractivity contribution in [2.45, 2.75) is 33.2 Å². The zero-order chi connectivity index (χ0) is 14.0. The van der Waals surface area contributed by atoms with Crippen molar-refractivity contribution in [2.75, 3.05) is 7.11 Å². The Kier molecular flexibility index (Phi) is 3.96. The number of furan rings is 1. The number of ether oxygens (including phenoxy) is 1. The summed E-state index contributed by atoms with van der Waals surface area (Å²) in [5, 5.41) is 0. The molecular weight excluding hydrogens is 238 g/mol. The summed E-state index contributed by atoms with van der Waals surface area (Å²) in [6, 6.07) is 5.95. The summed E-state index contributed by atoms with van der Waals surface area (Å²) < 4.78 is 10.8. The summed E-state index contributed by atoms with van der Waals surface area (Å²) in [5.41, 5.74) is 10.8. The van der Waals surface area contributed by atoms with E-state index in [-0.39, 0.29) is 6.04 Å². The monoisotopic (exact) mass is 259 g/mol. The Morgan fingerprint density at radius 2 is 1.95 bits per heavy atom. The van der Waals surface area contributed by atoms with Crippen molar-refractivity contribution < 1.29 is 9.15 Å². The molecule has 0 aliphatic carbocycles. The van der Waals surface area contributed by atoms with Gasteiger partial charge in [0.1, 0.15) is 11.5 Å². The van der Waals surface area contributed by atoms with Gasteiger partial charge in [-0.2, -0.15) is 0 Å². The predicted molar refractivity (Wildman–Crippen MR) is 76.6 cm³/mol. The van der Waals surface area contributed by atoms with E-state index < -0.39 is 0 Å². The lowest BCUT2D eigenvalue weighted by molar-refractivity contribution is 0.411. The summed E-state index contributed by atoms with van der Waals surface area (Å²) in [7, 11) is 1.69. The van der Waals surface area contributed by atoms with Crippen molar-refractivity contribution in [1.82, 2.24) is 0 Å². The van der Waals surface area contributed by atoms with Gasteiger partial charge in [-0.15, -0.1) is 0 Å². The van der Waals surface area contributed by atoms with Crippen LogP contribution in [-0.2, 0) is 6.42 Å². The highest BCUT2D eigenvalue weighted by Gasteiger charge is 2.18. The molecule has 19 heavy (non-hydrogen) atoms. The number of rotatable bonds is 4. The zero-order valence-electron chi connectivity index (χ0n) is 12.0. The van der Waals surface area contributed by atoms with Crippen molar-refractivity contribution in [3.63, 3.8) is 0 Å². The second-order valence-electron chi connectivity index (χ2n) is 4.81. The van der Waals surface area contributed by atoms with Crippen LogP contribution in [0.1, 0.15) is 41.0 Å². The second-order valence-corrected chi connectivity index (χ2v) is 4.81. The molecule has 0 aliphatic rings. The van der Waals surface area contributed by atoms with Gasteiger partial charge in [-0.3, -0.25) is 0 Å². The smallest absolute Gasteiger partial charge is 0.122 e. The molecule has 0 spiro atoms. The minimum absolute atomic E-state index is 0.154. The number of nitrogens with two attached hydrogens (primary N) is 1. The van der Waals surface area contributed by atoms with E-state index in [0.717, 1.165) is 40.2 Å². The molecule has 0 aliphatic heterocycles. The van der Waals surface area contributed by atoms with Crippen LogP contribution in [0.25, 0.3) is 0 Å². The first kappa shape index (κ1) is 13.7. The molecule has 1 unspecified atom stereocenters. The molecule has 2 rings (SSSR count). The Morgan fingerprint density at radius 1 is 1.21 bits per heavy atom. The molecule has 1 atom stereocenters. The van der Waals surface area contributed by atoms with Gasteiger partial charge in [-0.1, -0.05) is 13.0 Å². The first-order valence-electron chi connectivity index (χ1n) is 6.55. The van der Waals surface area contributed by atoms with Crippen LogP contribution in [0.15, 0.2) is 28.9 Å². The molecule has 102 valence electrons. The average molecular weight is 259 g/mol. The molecule has 1 heterocycles. The third kappa shape index (κ3) is 2.51. The highest BCUT2D eigenvalue weighted by atomic mass is 16.5. The molecule has 3 heteroatoms. The van der Waals surface area contributed by atoms with Crippen LogP contribution in [0.4, 0.5) is 0 Å². The van der Waals surface area contributed by atoms with Crippen molar-refractivity contribution in [2.24, 2.45) is 5.73 Å². The van der Waals surface area contributed by atoms with Crippen molar-refractivity contribution in [3.05, 3.63) is 52.5 Å². The molecule has 0 saturated carbocycles. The number of hydrogen-bond acceptors (Lipinski definition) is 3. The molecule has 0 amide bonds. The maximum absolute atomic E-state index is 6.40. The van der Waals surface area contributed by atoms with Gasteiger partial charge in [0.2, 0.25) is 0 Å². The van der Waals surface area contributed by atoms with E-state index in [4.69, 9.17) is 14.9 Å². The van der Waals surface area contributed by atoms with Gasteiger partial charge in [0, 0.05) is 12.0 Å². The molecule has 2 aromatic rings. The predicted octanol–water partition coefficient (Wildman–Crippen LogP) is 3.52. The van der Waals surface area contributed by atoms with E-state index in [1.54, 1.807) is 13.4 Å². The molecule has 0 saturated heterocycles. The van der Waals surface area contributed by atoms with Crippen LogP contribution in [0.3, 0.4) is 0 Å². The topological polar surface area (TPSA) is 48.4 Å². The van der Waals surface area contributed by atoms with E-state index >= 15 is 0 Å². The minimum atomic E-state index is -0.154. The van der Waals surface area contributed by atoms with Crippen LogP contribution in [0.2, 0.25) is 0 Å². The van der Waals surface area contributed by atoms with E-state index in [1.807, 2.05) is 19.1 Å². The van der Waals surface area contributed by atoms with Gasteiger partial charge in [0.15, 0.2) is 0 Å². The van der Waals surface area contributed by atoms with E-state index in [2.05, 4.69) is 19.9 Å². The summed E-state index contributed by atoms with van der Waals surface area (Å²) in [5.74, 6) is 1.86. The zero-order valence-corrected chi connectivity index (χ0v) is 12.0. The molecule has 3 nitrogen and oxygen atoms in total. The van der Waals surface area contributed by atoms with Gasteiger partial charge < -0.3 is 14.9 Å². The standard InChI is InChI=1S/C16H21NO2/c1-5-14-12(6-7-19-14)16(17)13-8-11(3)15(18-4)9-10(13)2/h6-9,16H,5,17H2,1-4H3. The van der Waals surface area contributed by atoms with Crippen LogP contribution in [-0.4, -0.2) is 7.11 Å². The lowest BCUT2D eigenvalue weighted by atomic mass is 9.93. The number of methoxy groups -OCH3 is 1. The van der Waals surface area contributed by atoms with E-state index in [1.165, 1.54) is 0 Å². The number of benzene rings is 1. The van der Waals surface area contributed by atoms with Crippen molar-refractivity contribution >= 4 is 0 Å². The summed E-state index contributed by atoms with van der Waals surface area (Å²) >= 11 is 0. The molecule has 0 radical (unpaired) electrons. The first-order valence-corrected chi connectivity index (χ1v) is 6.55. The van der Waals surface area contributed by atoms with E-state index in [9.17, 15) is 0 Å². The van der Waals surface area contributed by atoms with Crippen molar-refractivity contribution in [1.29, 1.82) is 0 Å². The Bertz CT molecular complexity index is 572. The van der Waals surface area contributed by atoms with Crippen LogP contribution < -0.4 is 10.5 Å². The average Bonchev–Trinajstić information content (AvgIpc) is 2.88. The van der Waals surface area contributed by atoms with Gasteiger partial charge in [0.25, 0.3) is 0 Å². The molecule has 1 aromatic heterocycles. The second kappa shape index (κ2) is 5.49. The quantitative estimate of drug-likeness (QED) is 0.914. The minimum Gasteiger partial charge on any atom is -0.496 e. The van der Waals surface area contributed by atoms with Gasteiger partial charge in [0.05, 0.1) is 19.4 Å². The highest BCUT2D eigenvalue weighted by molar-refractivity contribution is 5.46. The highest BCUT2D eigenvalue weighted by Crippen LogP contribution is 2.30. The summed E-state index contributed by atoms with van der Waals surface area (Å²) in [6.45, 7) is 6.16. The van der Waals surface area contributed by atoms with Crippen molar-refractivity contribution in [3.8, 4) is 5.75 Å². The third-order valence-electron chi connectivity index (χ3n) is 3.55. The molecule has 0 bridgehead atoms. The Hall–Kier alpha value is -1.74. The van der Waals surface area contributed by atoms with Gasteiger partial charge in [-0.25, -0.2) is 0 Å².